The quantitative estimate of drug-likeness (QED) is 0.682. The largest absolute Gasteiger partial charge is 0.0879 e. The molecule has 0 saturated carbocycles. The van der Waals surface area contributed by atoms with Crippen molar-refractivity contribution in [1.82, 2.24) is 0 Å². The molecular weight excluding hydrogens is 236 g/mol. The zero-order chi connectivity index (χ0) is 9.80. The highest BCUT2D eigenvalue weighted by molar-refractivity contribution is 9.15. The van der Waals surface area contributed by atoms with E-state index in [1.165, 1.54) is 22.9 Å². The van der Waals surface area contributed by atoms with Crippen LogP contribution in [0.25, 0.3) is 4.48 Å². The van der Waals surface area contributed by atoms with E-state index in [0.717, 1.165) is 0 Å². The van der Waals surface area contributed by atoms with Crippen molar-refractivity contribution in [2.24, 2.45) is 5.92 Å². The van der Waals surface area contributed by atoms with Crippen LogP contribution in [0.3, 0.4) is 0 Å². The Morgan fingerprint density at radius 2 is 2.07 bits per heavy atom. The van der Waals surface area contributed by atoms with E-state index in [9.17, 15) is 0 Å². The molecule has 1 unspecified atom stereocenters. The summed E-state index contributed by atoms with van der Waals surface area (Å²) in [5.41, 5.74) is 1.26. The smallest absolute Gasteiger partial charge is 0.0213 e. The van der Waals surface area contributed by atoms with Crippen LogP contribution >= 0.6 is 15.9 Å². The van der Waals surface area contributed by atoms with Crippen molar-refractivity contribution in [3.63, 3.8) is 0 Å². The minimum atomic E-state index is 0.615. The lowest BCUT2D eigenvalue weighted by Gasteiger charge is -2.03. The van der Waals surface area contributed by atoms with E-state index in [1.54, 1.807) is 0 Å². The first-order valence-electron chi connectivity index (χ1n) is 4.95. The molecule has 0 heterocycles. The van der Waals surface area contributed by atoms with Gasteiger partial charge in [-0.05, 0) is 24.3 Å². The zero-order valence-corrected chi connectivity index (χ0v) is 9.57. The average Bonchev–Trinajstić information content (AvgIpc) is 2.72. The standard InChI is InChI=1S/C13H13Br/c14-13(10-11-6-4-5-7-11)12-8-2-1-3-9-12/h1-4,6,8-11H,5,7H2/b13-10-. The summed E-state index contributed by atoms with van der Waals surface area (Å²) in [5, 5.41) is 0. The van der Waals surface area contributed by atoms with Crippen LogP contribution in [0.1, 0.15) is 18.4 Å². The summed E-state index contributed by atoms with van der Waals surface area (Å²) >= 11 is 3.62. The van der Waals surface area contributed by atoms with E-state index in [0.29, 0.717) is 5.92 Å². The van der Waals surface area contributed by atoms with E-state index in [-0.39, 0.29) is 0 Å². The topological polar surface area (TPSA) is 0 Å². The molecule has 0 N–H and O–H groups in total. The Morgan fingerprint density at radius 3 is 2.71 bits per heavy atom. The fraction of sp³-hybridized carbons (Fsp3) is 0.231. The van der Waals surface area contributed by atoms with Crippen molar-refractivity contribution in [1.29, 1.82) is 0 Å². The predicted molar refractivity (Wildman–Crippen MR) is 65.2 cm³/mol. The summed E-state index contributed by atoms with van der Waals surface area (Å²) in [7, 11) is 0. The molecule has 0 nitrogen and oxygen atoms in total. The van der Waals surface area contributed by atoms with E-state index < -0.39 is 0 Å². The van der Waals surface area contributed by atoms with Gasteiger partial charge in [-0.3, -0.25) is 0 Å². The van der Waals surface area contributed by atoms with Crippen molar-refractivity contribution >= 4 is 20.4 Å². The zero-order valence-electron chi connectivity index (χ0n) is 7.99. The highest BCUT2D eigenvalue weighted by Gasteiger charge is 2.07. The minimum Gasteiger partial charge on any atom is -0.0879 e. The van der Waals surface area contributed by atoms with Crippen LogP contribution in [-0.4, -0.2) is 0 Å². The van der Waals surface area contributed by atoms with Gasteiger partial charge in [-0.15, -0.1) is 0 Å². The maximum absolute atomic E-state index is 3.62. The maximum Gasteiger partial charge on any atom is 0.0213 e. The molecule has 0 aromatic heterocycles. The first kappa shape index (κ1) is 9.72. The lowest BCUT2D eigenvalue weighted by atomic mass is 10.1. The highest BCUT2D eigenvalue weighted by Crippen LogP contribution is 2.27. The average molecular weight is 249 g/mol. The summed E-state index contributed by atoms with van der Waals surface area (Å²) in [6, 6.07) is 10.4. The second-order valence-corrected chi connectivity index (χ2v) is 4.40. The van der Waals surface area contributed by atoms with Crippen LogP contribution in [0.5, 0.6) is 0 Å². The summed E-state index contributed by atoms with van der Waals surface area (Å²) in [4.78, 5) is 0. The van der Waals surface area contributed by atoms with Gasteiger partial charge in [-0.2, -0.15) is 0 Å². The van der Waals surface area contributed by atoms with Gasteiger partial charge < -0.3 is 0 Å². The van der Waals surface area contributed by atoms with Gasteiger partial charge >= 0.3 is 0 Å². The number of rotatable bonds is 2. The molecule has 0 fully saturated rings. The fourth-order valence-corrected chi connectivity index (χ4v) is 2.28. The first-order valence-corrected chi connectivity index (χ1v) is 5.75. The van der Waals surface area contributed by atoms with E-state index in [4.69, 9.17) is 0 Å². The van der Waals surface area contributed by atoms with Gasteiger partial charge in [0.05, 0.1) is 0 Å². The van der Waals surface area contributed by atoms with Gasteiger partial charge in [0.1, 0.15) is 0 Å². The predicted octanol–water partition coefficient (Wildman–Crippen LogP) is 4.39. The monoisotopic (exact) mass is 248 g/mol. The van der Waals surface area contributed by atoms with E-state index in [1.807, 2.05) is 6.07 Å². The molecule has 0 spiro atoms. The number of benzene rings is 1. The summed E-state index contributed by atoms with van der Waals surface area (Å²) < 4.78 is 1.20. The van der Waals surface area contributed by atoms with Gasteiger partial charge in [0.2, 0.25) is 0 Å². The molecule has 0 saturated heterocycles. The molecule has 0 radical (unpaired) electrons. The third-order valence-corrected chi connectivity index (χ3v) is 3.18. The Labute approximate surface area is 93.5 Å². The Balaban J connectivity index is 2.15. The second kappa shape index (κ2) is 4.61. The van der Waals surface area contributed by atoms with Gasteiger partial charge in [-0.1, -0.05) is 64.5 Å². The van der Waals surface area contributed by atoms with Crippen LogP contribution in [0, 0.1) is 5.92 Å². The second-order valence-electron chi connectivity index (χ2n) is 3.55. The molecule has 2 rings (SSSR count). The van der Waals surface area contributed by atoms with Crippen molar-refractivity contribution < 1.29 is 0 Å². The Morgan fingerprint density at radius 1 is 1.29 bits per heavy atom. The minimum absolute atomic E-state index is 0.615. The maximum atomic E-state index is 3.62. The normalized spacial score (nSPS) is 21.5. The lowest BCUT2D eigenvalue weighted by molar-refractivity contribution is 0.775. The highest BCUT2D eigenvalue weighted by atomic mass is 79.9. The number of allylic oxidation sites excluding steroid dienone is 3. The van der Waals surface area contributed by atoms with Gasteiger partial charge in [0.15, 0.2) is 0 Å². The molecule has 1 atom stereocenters. The first-order chi connectivity index (χ1) is 6.86. The van der Waals surface area contributed by atoms with Crippen molar-refractivity contribution in [3.8, 4) is 0 Å². The van der Waals surface area contributed by atoms with Gasteiger partial charge in [0, 0.05) is 4.48 Å². The van der Waals surface area contributed by atoms with Crippen LogP contribution in [-0.2, 0) is 0 Å². The molecule has 1 aromatic carbocycles. The van der Waals surface area contributed by atoms with E-state index in [2.05, 4.69) is 58.4 Å². The lowest BCUT2D eigenvalue weighted by Crippen LogP contribution is -1.86. The molecule has 0 bridgehead atoms. The molecule has 72 valence electrons. The van der Waals surface area contributed by atoms with Crippen LogP contribution in [0.2, 0.25) is 0 Å². The molecule has 1 aliphatic carbocycles. The Bertz CT molecular complexity index is 349. The number of hydrogen-bond acceptors (Lipinski definition) is 0. The summed E-state index contributed by atoms with van der Waals surface area (Å²) in [5.74, 6) is 0.615. The Kier molecular flexibility index (Phi) is 3.20. The van der Waals surface area contributed by atoms with Crippen molar-refractivity contribution in [2.45, 2.75) is 12.8 Å². The number of hydrogen-bond donors (Lipinski definition) is 0. The van der Waals surface area contributed by atoms with Crippen LogP contribution < -0.4 is 0 Å². The molecule has 1 aromatic rings. The van der Waals surface area contributed by atoms with Crippen LogP contribution in [0.4, 0.5) is 0 Å². The third kappa shape index (κ3) is 2.36. The fourth-order valence-electron chi connectivity index (χ4n) is 1.68. The van der Waals surface area contributed by atoms with Gasteiger partial charge in [0.25, 0.3) is 0 Å². The van der Waals surface area contributed by atoms with E-state index >= 15 is 0 Å². The summed E-state index contributed by atoms with van der Waals surface area (Å²) in [6.07, 6.45) is 9.30. The SMILES string of the molecule is Br/C(=C\C1C=CCC1)c1ccccc1. The van der Waals surface area contributed by atoms with Gasteiger partial charge in [-0.25, -0.2) is 0 Å². The van der Waals surface area contributed by atoms with Crippen molar-refractivity contribution in [3.05, 3.63) is 54.1 Å². The number of halogens is 1. The third-order valence-electron chi connectivity index (χ3n) is 2.46. The summed E-state index contributed by atoms with van der Waals surface area (Å²) in [6.45, 7) is 0. The molecule has 0 amide bonds. The van der Waals surface area contributed by atoms with Crippen molar-refractivity contribution in [2.75, 3.05) is 0 Å². The molecular formula is C13H13Br. The molecule has 0 aliphatic heterocycles. The molecule has 1 aliphatic rings. The molecule has 14 heavy (non-hydrogen) atoms. The Hall–Kier alpha value is -0.820. The van der Waals surface area contributed by atoms with Crippen LogP contribution in [0.15, 0.2) is 48.6 Å². The molecule has 1 heteroatoms.